The Hall–Kier alpha value is -1.26. The van der Waals surface area contributed by atoms with Crippen LogP contribution in [-0.2, 0) is 4.79 Å². The van der Waals surface area contributed by atoms with E-state index in [-0.39, 0.29) is 36.4 Å². The van der Waals surface area contributed by atoms with E-state index in [2.05, 4.69) is 36.6 Å². The quantitative estimate of drug-likeness (QED) is 0.881. The zero-order valence-electron chi connectivity index (χ0n) is 14.4. The molecule has 2 fully saturated rings. The maximum Gasteiger partial charge on any atom is 0.224 e. The number of hydrogen-bond acceptors (Lipinski definition) is 3. The van der Waals surface area contributed by atoms with Gasteiger partial charge in [0.1, 0.15) is 11.9 Å². The summed E-state index contributed by atoms with van der Waals surface area (Å²) in [4.78, 5) is 12.6. The third kappa shape index (κ3) is 2.91. The molecule has 0 bridgehead atoms. The Morgan fingerprint density at radius 3 is 2.75 bits per heavy atom. The smallest absolute Gasteiger partial charge is 0.224 e. The Morgan fingerprint density at radius 1 is 1.33 bits per heavy atom. The number of rotatable bonds is 3. The Morgan fingerprint density at radius 2 is 2.04 bits per heavy atom. The molecule has 4 rings (SSSR count). The molecule has 0 radical (unpaired) electrons. The van der Waals surface area contributed by atoms with E-state index in [1.54, 1.807) is 0 Å². The number of hydrogen-bond donors (Lipinski definition) is 2. The highest BCUT2D eigenvalue weighted by molar-refractivity contribution is 5.85. The molecule has 2 N–H and O–H groups in total. The van der Waals surface area contributed by atoms with Gasteiger partial charge >= 0.3 is 0 Å². The van der Waals surface area contributed by atoms with Gasteiger partial charge in [0.25, 0.3) is 0 Å². The van der Waals surface area contributed by atoms with Crippen LogP contribution in [0.3, 0.4) is 0 Å². The van der Waals surface area contributed by atoms with Crippen molar-refractivity contribution in [3.05, 3.63) is 29.8 Å². The fraction of sp³-hybridized carbons (Fsp3) is 0.632. The highest BCUT2D eigenvalue weighted by Gasteiger charge is 2.57. The minimum atomic E-state index is 0. The van der Waals surface area contributed by atoms with Crippen LogP contribution in [0.2, 0.25) is 0 Å². The van der Waals surface area contributed by atoms with Crippen LogP contribution in [0.1, 0.15) is 44.6 Å². The Kier molecular flexibility index (Phi) is 4.80. The zero-order valence-corrected chi connectivity index (χ0v) is 15.2. The van der Waals surface area contributed by atoms with Crippen LogP contribution in [0, 0.1) is 11.3 Å². The van der Waals surface area contributed by atoms with E-state index in [1.807, 2.05) is 12.1 Å². The van der Waals surface area contributed by atoms with E-state index in [0.717, 1.165) is 38.1 Å². The van der Waals surface area contributed by atoms with Gasteiger partial charge in [0, 0.05) is 17.4 Å². The molecule has 1 spiro atoms. The molecule has 4 atom stereocenters. The molecule has 1 saturated heterocycles. The topological polar surface area (TPSA) is 50.4 Å². The van der Waals surface area contributed by atoms with Crippen molar-refractivity contribution in [3.8, 4) is 5.75 Å². The third-order valence-corrected chi connectivity index (χ3v) is 6.13. The molecule has 1 saturated carbocycles. The standard InChI is InChI=1S/C19H26N2O2.ClH/c1-12-14-5-3-4-6-16(14)23-17(12)13(2)21-18(22)15-11-19(15)7-9-20-10-8-19;/h3-6,12-13,15,17,20H,7-11H2,1-2H3,(H,21,22);1H. The number of nitrogens with one attached hydrogen (secondary N) is 2. The molecule has 4 nitrogen and oxygen atoms in total. The summed E-state index contributed by atoms with van der Waals surface area (Å²) in [5.41, 5.74) is 1.54. The number of ether oxygens (including phenoxy) is 1. The Balaban J connectivity index is 0.00000169. The van der Waals surface area contributed by atoms with Crippen molar-refractivity contribution >= 4 is 18.3 Å². The first-order valence-electron chi connectivity index (χ1n) is 8.87. The van der Waals surface area contributed by atoms with Gasteiger partial charge in [0.2, 0.25) is 5.91 Å². The molecule has 132 valence electrons. The number of carbonyl (C=O) groups is 1. The third-order valence-electron chi connectivity index (χ3n) is 6.13. The van der Waals surface area contributed by atoms with Crippen molar-refractivity contribution in [2.45, 2.75) is 51.2 Å². The molecule has 1 aliphatic carbocycles. The maximum absolute atomic E-state index is 12.6. The van der Waals surface area contributed by atoms with E-state index in [4.69, 9.17) is 4.74 Å². The average molecular weight is 351 g/mol. The lowest BCUT2D eigenvalue weighted by molar-refractivity contribution is -0.124. The monoisotopic (exact) mass is 350 g/mol. The minimum Gasteiger partial charge on any atom is -0.487 e. The van der Waals surface area contributed by atoms with E-state index in [9.17, 15) is 4.79 Å². The lowest BCUT2D eigenvalue weighted by Crippen LogP contribution is -2.45. The summed E-state index contributed by atoms with van der Waals surface area (Å²) >= 11 is 0. The summed E-state index contributed by atoms with van der Waals surface area (Å²) in [5, 5.41) is 6.63. The van der Waals surface area contributed by atoms with Crippen molar-refractivity contribution in [3.63, 3.8) is 0 Å². The number of fused-ring (bicyclic) bond motifs is 1. The van der Waals surface area contributed by atoms with E-state index in [1.165, 1.54) is 5.56 Å². The second-order valence-electron chi connectivity index (χ2n) is 7.58. The van der Waals surface area contributed by atoms with Gasteiger partial charge in [-0.1, -0.05) is 25.1 Å². The van der Waals surface area contributed by atoms with Crippen LogP contribution in [0.4, 0.5) is 0 Å². The van der Waals surface area contributed by atoms with E-state index in [0.29, 0.717) is 11.3 Å². The molecule has 3 aliphatic rings. The van der Waals surface area contributed by atoms with Crippen LogP contribution in [0.25, 0.3) is 0 Å². The number of halogens is 1. The van der Waals surface area contributed by atoms with Gasteiger partial charge in [-0.25, -0.2) is 0 Å². The van der Waals surface area contributed by atoms with Crippen LogP contribution >= 0.6 is 12.4 Å². The van der Waals surface area contributed by atoms with Gasteiger partial charge in [0.15, 0.2) is 0 Å². The van der Waals surface area contributed by atoms with E-state index < -0.39 is 0 Å². The highest BCUT2D eigenvalue weighted by Crippen LogP contribution is 2.58. The maximum atomic E-state index is 12.6. The summed E-state index contributed by atoms with van der Waals surface area (Å²) in [6, 6.07) is 8.23. The molecule has 2 aliphatic heterocycles. The lowest BCUT2D eigenvalue weighted by atomic mass is 9.91. The van der Waals surface area contributed by atoms with Crippen molar-refractivity contribution in [1.82, 2.24) is 10.6 Å². The summed E-state index contributed by atoms with van der Waals surface area (Å²) < 4.78 is 6.09. The minimum absolute atomic E-state index is 0. The first-order chi connectivity index (χ1) is 11.1. The SMILES string of the molecule is CC(NC(=O)C1CC12CCNCC2)C1Oc2ccccc2C1C.Cl. The molecular weight excluding hydrogens is 324 g/mol. The van der Waals surface area contributed by atoms with Crippen molar-refractivity contribution in [2.24, 2.45) is 11.3 Å². The fourth-order valence-corrected chi connectivity index (χ4v) is 4.53. The number of benzene rings is 1. The molecular formula is C19H27ClN2O2. The normalized spacial score (nSPS) is 30.7. The number of carbonyl (C=O) groups excluding carboxylic acids is 1. The number of amides is 1. The highest BCUT2D eigenvalue weighted by atomic mass is 35.5. The van der Waals surface area contributed by atoms with Gasteiger partial charge in [-0.15, -0.1) is 12.4 Å². The summed E-state index contributed by atoms with van der Waals surface area (Å²) in [6.07, 6.45) is 3.37. The average Bonchev–Trinajstić information content (AvgIpc) is 3.14. The summed E-state index contributed by atoms with van der Waals surface area (Å²) in [6.45, 7) is 6.36. The van der Waals surface area contributed by atoms with Crippen LogP contribution in [0.15, 0.2) is 24.3 Å². The predicted molar refractivity (Wildman–Crippen MR) is 96.8 cm³/mol. The van der Waals surface area contributed by atoms with Gasteiger partial charge in [-0.3, -0.25) is 4.79 Å². The second kappa shape index (κ2) is 6.57. The molecule has 1 amide bonds. The van der Waals surface area contributed by atoms with Crippen LogP contribution in [0.5, 0.6) is 5.75 Å². The number of piperidine rings is 1. The Bertz CT molecular complexity index is 615. The molecule has 1 aromatic carbocycles. The largest absolute Gasteiger partial charge is 0.487 e. The van der Waals surface area contributed by atoms with Crippen molar-refractivity contribution in [2.75, 3.05) is 13.1 Å². The predicted octanol–water partition coefficient (Wildman–Crippen LogP) is 2.87. The van der Waals surface area contributed by atoms with Crippen LogP contribution < -0.4 is 15.4 Å². The summed E-state index contributed by atoms with van der Waals surface area (Å²) in [5.74, 6) is 1.72. The molecule has 1 aromatic rings. The molecule has 24 heavy (non-hydrogen) atoms. The Labute approximate surface area is 150 Å². The number of para-hydroxylation sites is 1. The van der Waals surface area contributed by atoms with E-state index >= 15 is 0 Å². The first-order valence-corrected chi connectivity index (χ1v) is 8.87. The first kappa shape index (κ1) is 17.6. The van der Waals surface area contributed by atoms with Gasteiger partial charge in [0.05, 0.1) is 6.04 Å². The van der Waals surface area contributed by atoms with Crippen LogP contribution in [-0.4, -0.2) is 31.1 Å². The van der Waals surface area contributed by atoms with Crippen molar-refractivity contribution < 1.29 is 9.53 Å². The summed E-state index contributed by atoms with van der Waals surface area (Å²) in [7, 11) is 0. The molecule has 0 aromatic heterocycles. The second-order valence-corrected chi connectivity index (χ2v) is 7.58. The van der Waals surface area contributed by atoms with Crippen molar-refractivity contribution in [1.29, 1.82) is 0 Å². The molecule has 5 heteroatoms. The molecule has 2 heterocycles. The van der Waals surface area contributed by atoms with Gasteiger partial charge < -0.3 is 15.4 Å². The van der Waals surface area contributed by atoms with Gasteiger partial charge in [-0.05, 0) is 50.8 Å². The lowest BCUT2D eigenvalue weighted by Gasteiger charge is -2.26. The fourth-order valence-electron chi connectivity index (χ4n) is 4.53. The molecule has 4 unspecified atom stereocenters. The van der Waals surface area contributed by atoms with Gasteiger partial charge in [-0.2, -0.15) is 0 Å². The zero-order chi connectivity index (χ0) is 16.0.